The van der Waals surface area contributed by atoms with Gasteiger partial charge in [-0.05, 0) is 25.5 Å². The minimum absolute atomic E-state index is 0.219. The van der Waals surface area contributed by atoms with Gasteiger partial charge in [0.25, 0.3) is 0 Å². The summed E-state index contributed by atoms with van der Waals surface area (Å²) in [5, 5.41) is 8.98. The van der Waals surface area contributed by atoms with Crippen LogP contribution in [0.15, 0.2) is 12.1 Å². The third kappa shape index (κ3) is 1.44. The Labute approximate surface area is 69.6 Å². The van der Waals surface area contributed by atoms with Gasteiger partial charge in [-0.15, -0.1) is 0 Å². The summed E-state index contributed by atoms with van der Waals surface area (Å²) >= 11 is 0. The van der Waals surface area contributed by atoms with Gasteiger partial charge in [-0.1, -0.05) is 0 Å². The van der Waals surface area contributed by atoms with E-state index in [1.54, 1.807) is 0 Å². The van der Waals surface area contributed by atoms with Crippen LogP contribution in [-0.2, 0) is 0 Å². The summed E-state index contributed by atoms with van der Waals surface area (Å²) in [5.74, 6) is -1.02. The summed E-state index contributed by atoms with van der Waals surface area (Å²) in [6.07, 6.45) is 0. The van der Waals surface area contributed by atoms with E-state index in [1.807, 2.05) is 0 Å². The predicted molar refractivity (Wildman–Crippen MR) is 42.8 cm³/mol. The number of aromatic hydroxyl groups is 1. The minimum atomic E-state index is -0.555. The lowest BCUT2D eigenvalue weighted by Gasteiger charge is -2.03. The Bertz CT molecular complexity index is 332. The average Bonchev–Trinajstić information content (AvgIpc) is 1.96. The highest BCUT2D eigenvalue weighted by atomic mass is 19.1. The molecule has 0 aliphatic rings. The van der Waals surface area contributed by atoms with Crippen molar-refractivity contribution in [3.63, 3.8) is 0 Å². The molecule has 0 spiro atoms. The van der Waals surface area contributed by atoms with E-state index in [9.17, 15) is 9.18 Å². The molecule has 0 aliphatic carbocycles. The van der Waals surface area contributed by atoms with Crippen molar-refractivity contribution >= 4 is 5.78 Å². The Morgan fingerprint density at radius 1 is 1.50 bits per heavy atom. The number of ketones is 1. The molecule has 12 heavy (non-hydrogen) atoms. The van der Waals surface area contributed by atoms with Crippen molar-refractivity contribution in [1.82, 2.24) is 0 Å². The van der Waals surface area contributed by atoms with Gasteiger partial charge < -0.3 is 5.11 Å². The van der Waals surface area contributed by atoms with E-state index in [0.29, 0.717) is 0 Å². The van der Waals surface area contributed by atoms with E-state index < -0.39 is 5.82 Å². The summed E-state index contributed by atoms with van der Waals surface area (Å²) in [7, 11) is 0. The summed E-state index contributed by atoms with van der Waals surface area (Å²) in [6.45, 7) is 2.84. The number of hydrogen-bond acceptors (Lipinski definition) is 2. The summed E-state index contributed by atoms with van der Waals surface area (Å²) in [5.41, 5.74) is 0.507. The van der Waals surface area contributed by atoms with Crippen LogP contribution in [0.4, 0.5) is 4.39 Å². The van der Waals surface area contributed by atoms with Crippen molar-refractivity contribution < 1.29 is 14.3 Å². The van der Waals surface area contributed by atoms with Crippen LogP contribution < -0.4 is 0 Å². The van der Waals surface area contributed by atoms with Gasteiger partial charge in [0.2, 0.25) is 0 Å². The van der Waals surface area contributed by atoms with Crippen LogP contribution in [0.5, 0.6) is 5.75 Å². The highest BCUT2D eigenvalue weighted by molar-refractivity contribution is 5.95. The monoisotopic (exact) mass is 168 g/mol. The van der Waals surface area contributed by atoms with E-state index in [0.717, 1.165) is 6.07 Å². The first kappa shape index (κ1) is 8.71. The molecular weight excluding hydrogens is 159 g/mol. The van der Waals surface area contributed by atoms with E-state index in [1.165, 1.54) is 19.9 Å². The molecule has 0 aliphatic heterocycles. The van der Waals surface area contributed by atoms with Crippen molar-refractivity contribution in [2.24, 2.45) is 0 Å². The van der Waals surface area contributed by atoms with Crippen LogP contribution in [0.1, 0.15) is 22.8 Å². The molecule has 1 rings (SSSR count). The number of halogens is 1. The van der Waals surface area contributed by atoms with Gasteiger partial charge in [0.15, 0.2) is 5.78 Å². The number of carbonyl (C=O) groups excluding carboxylic acids is 1. The molecule has 0 saturated heterocycles. The van der Waals surface area contributed by atoms with Gasteiger partial charge in [-0.2, -0.15) is 0 Å². The fraction of sp³-hybridized carbons (Fsp3) is 0.222. The summed E-state index contributed by atoms with van der Waals surface area (Å²) in [6, 6.07) is 2.25. The fourth-order valence-corrected chi connectivity index (χ4v) is 1.03. The average molecular weight is 168 g/mol. The predicted octanol–water partition coefficient (Wildman–Crippen LogP) is 2.04. The molecule has 1 N–H and O–H groups in total. The molecule has 0 atom stereocenters. The molecule has 0 unspecified atom stereocenters. The minimum Gasteiger partial charge on any atom is -0.508 e. The van der Waals surface area contributed by atoms with E-state index in [2.05, 4.69) is 0 Å². The van der Waals surface area contributed by atoms with Crippen LogP contribution in [-0.4, -0.2) is 10.9 Å². The SMILES string of the molecule is CC(=O)c1cc(O)cc(F)c1C. The lowest BCUT2D eigenvalue weighted by Crippen LogP contribution is -1.98. The zero-order valence-corrected chi connectivity index (χ0v) is 6.89. The number of benzene rings is 1. The first-order valence-corrected chi connectivity index (χ1v) is 3.52. The maximum absolute atomic E-state index is 12.9. The second-order valence-corrected chi connectivity index (χ2v) is 2.66. The Balaban J connectivity index is 3.37. The van der Waals surface area contributed by atoms with Crippen molar-refractivity contribution in [3.8, 4) is 5.75 Å². The van der Waals surface area contributed by atoms with Gasteiger partial charge in [0.05, 0.1) is 0 Å². The third-order valence-corrected chi connectivity index (χ3v) is 1.71. The molecule has 0 aromatic heterocycles. The highest BCUT2D eigenvalue weighted by Crippen LogP contribution is 2.19. The first-order valence-electron chi connectivity index (χ1n) is 3.52. The largest absolute Gasteiger partial charge is 0.508 e. The number of carbonyl (C=O) groups is 1. The molecular formula is C9H9FO2. The van der Waals surface area contributed by atoms with Crippen LogP contribution in [0.25, 0.3) is 0 Å². The Kier molecular flexibility index (Phi) is 2.13. The van der Waals surface area contributed by atoms with Crippen LogP contribution in [0, 0.1) is 12.7 Å². The van der Waals surface area contributed by atoms with Crippen molar-refractivity contribution in [2.45, 2.75) is 13.8 Å². The van der Waals surface area contributed by atoms with Gasteiger partial charge in [-0.3, -0.25) is 4.79 Å². The van der Waals surface area contributed by atoms with Crippen molar-refractivity contribution in [1.29, 1.82) is 0 Å². The zero-order valence-electron chi connectivity index (χ0n) is 6.89. The molecule has 0 saturated carbocycles. The van der Waals surface area contributed by atoms with Gasteiger partial charge in [0.1, 0.15) is 11.6 Å². The summed E-state index contributed by atoms with van der Waals surface area (Å²) in [4.78, 5) is 10.9. The molecule has 1 aromatic carbocycles. The third-order valence-electron chi connectivity index (χ3n) is 1.71. The lowest BCUT2D eigenvalue weighted by atomic mass is 10.0. The molecule has 0 heterocycles. The molecule has 0 fully saturated rings. The number of phenols is 1. The van der Waals surface area contributed by atoms with Crippen molar-refractivity contribution in [3.05, 3.63) is 29.1 Å². The highest BCUT2D eigenvalue weighted by Gasteiger charge is 2.09. The standard InChI is InChI=1S/C9H9FO2/c1-5-8(6(2)11)3-7(12)4-9(5)10/h3-4,12H,1-2H3. The normalized spacial score (nSPS) is 9.92. The molecule has 2 nitrogen and oxygen atoms in total. The molecule has 0 amide bonds. The van der Waals surface area contributed by atoms with Crippen LogP contribution in [0.3, 0.4) is 0 Å². The maximum atomic E-state index is 12.9. The molecule has 0 bridgehead atoms. The molecule has 0 radical (unpaired) electrons. The number of rotatable bonds is 1. The van der Waals surface area contributed by atoms with Crippen LogP contribution >= 0.6 is 0 Å². The Morgan fingerprint density at radius 2 is 2.08 bits per heavy atom. The van der Waals surface area contributed by atoms with Gasteiger partial charge in [0, 0.05) is 11.6 Å². The van der Waals surface area contributed by atoms with Gasteiger partial charge in [-0.25, -0.2) is 4.39 Å². The quantitative estimate of drug-likeness (QED) is 0.651. The smallest absolute Gasteiger partial charge is 0.160 e. The van der Waals surface area contributed by atoms with E-state index in [-0.39, 0.29) is 22.7 Å². The topological polar surface area (TPSA) is 37.3 Å². The lowest BCUT2D eigenvalue weighted by molar-refractivity contribution is 0.101. The molecule has 1 aromatic rings. The zero-order chi connectivity index (χ0) is 9.30. The molecule has 64 valence electrons. The Morgan fingerprint density at radius 3 is 2.58 bits per heavy atom. The fourth-order valence-electron chi connectivity index (χ4n) is 1.03. The summed E-state index contributed by atoms with van der Waals surface area (Å²) < 4.78 is 12.9. The first-order chi connectivity index (χ1) is 5.52. The van der Waals surface area contributed by atoms with E-state index in [4.69, 9.17) is 5.11 Å². The number of phenolic OH excluding ortho intramolecular Hbond substituents is 1. The second-order valence-electron chi connectivity index (χ2n) is 2.66. The van der Waals surface area contributed by atoms with Crippen molar-refractivity contribution in [2.75, 3.05) is 0 Å². The number of hydrogen-bond donors (Lipinski definition) is 1. The number of Topliss-reactive ketones (excluding diaryl/α,β-unsaturated/α-hetero) is 1. The van der Waals surface area contributed by atoms with Crippen LogP contribution in [0.2, 0.25) is 0 Å². The second kappa shape index (κ2) is 2.93. The van der Waals surface area contributed by atoms with E-state index >= 15 is 0 Å². The molecule has 3 heteroatoms. The van der Waals surface area contributed by atoms with Gasteiger partial charge >= 0.3 is 0 Å². The Hall–Kier alpha value is -1.38. The maximum Gasteiger partial charge on any atom is 0.160 e.